The second kappa shape index (κ2) is 11.0. The van der Waals surface area contributed by atoms with Gasteiger partial charge in [0.25, 0.3) is 11.1 Å². The average Bonchev–Trinajstić information content (AvgIpc) is 3.22. The fraction of sp³-hybridized carbons (Fsp3) is 0.280. The summed E-state index contributed by atoms with van der Waals surface area (Å²) in [5.74, 6) is 0.566. The van der Waals surface area contributed by atoms with E-state index in [0.717, 1.165) is 49.8 Å². The first-order chi connectivity index (χ1) is 18.0. The normalized spacial score (nSPS) is 17.4. The lowest BCUT2D eigenvalue weighted by molar-refractivity contribution is -0.115. The van der Waals surface area contributed by atoms with Gasteiger partial charge >= 0.3 is 0 Å². The summed E-state index contributed by atoms with van der Waals surface area (Å²) in [6, 6.07) is 6.90. The molecule has 10 nitrogen and oxygen atoms in total. The molecule has 190 valence electrons. The van der Waals surface area contributed by atoms with Gasteiger partial charge in [0, 0.05) is 37.6 Å². The molecule has 0 aliphatic carbocycles. The highest BCUT2D eigenvalue weighted by Gasteiger charge is 2.26. The molecule has 5 rings (SSSR count). The number of hydrogen-bond donors (Lipinski definition) is 3. The Labute approximate surface area is 217 Å². The maximum Gasteiger partial charge on any atom is 0.290 e. The van der Waals surface area contributed by atoms with E-state index in [9.17, 15) is 14.0 Å². The van der Waals surface area contributed by atoms with Crippen LogP contribution in [0.1, 0.15) is 24.1 Å². The van der Waals surface area contributed by atoms with Crippen LogP contribution in [0.15, 0.2) is 47.8 Å². The maximum absolute atomic E-state index is 14.3. The number of nitrogens with one attached hydrogen (secondary N) is 2. The molecule has 0 spiro atoms. The summed E-state index contributed by atoms with van der Waals surface area (Å²) in [7, 11) is 0. The van der Waals surface area contributed by atoms with Gasteiger partial charge in [-0.05, 0) is 66.9 Å². The molecular formula is C25H25FN8O2S. The van der Waals surface area contributed by atoms with Crippen molar-refractivity contribution >= 4 is 40.8 Å². The second-order valence-electron chi connectivity index (χ2n) is 8.79. The zero-order valence-electron chi connectivity index (χ0n) is 19.9. The molecule has 0 saturated carbocycles. The van der Waals surface area contributed by atoms with Crippen LogP contribution in [-0.2, 0) is 11.3 Å². The molecule has 0 aromatic carbocycles. The Morgan fingerprint density at radius 1 is 1.16 bits per heavy atom. The van der Waals surface area contributed by atoms with Gasteiger partial charge in [0.05, 0.1) is 22.5 Å². The van der Waals surface area contributed by atoms with Crippen LogP contribution in [0.25, 0.3) is 17.3 Å². The third-order valence-electron chi connectivity index (χ3n) is 6.26. The van der Waals surface area contributed by atoms with Gasteiger partial charge < -0.3 is 16.0 Å². The van der Waals surface area contributed by atoms with Gasteiger partial charge in [-0.15, -0.1) is 0 Å². The van der Waals surface area contributed by atoms with Crippen molar-refractivity contribution in [2.75, 3.05) is 30.3 Å². The quantitative estimate of drug-likeness (QED) is 0.398. The Balaban J connectivity index is 1.16. The highest BCUT2D eigenvalue weighted by molar-refractivity contribution is 8.18. The number of aromatic nitrogens is 4. The highest BCUT2D eigenvalue weighted by Crippen LogP contribution is 2.27. The van der Waals surface area contributed by atoms with Crippen LogP contribution in [0, 0.1) is 11.7 Å². The van der Waals surface area contributed by atoms with Crippen molar-refractivity contribution in [3.63, 3.8) is 0 Å². The molecule has 3 aromatic rings. The smallest absolute Gasteiger partial charge is 0.290 e. The lowest BCUT2D eigenvalue weighted by Gasteiger charge is -2.32. The fourth-order valence-electron chi connectivity index (χ4n) is 4.34. The molecule has 37 heavy (non-hydrogen) atoms. The van der Waals surface area contributed by atoms with Crippen molar-refractivity contribution in [3.05, 3.63) is 64.8 Å². The summed E-state index contributed by atoms with van der Waals surface area (Å²) >= 11 is 0.866. The van der Waals surface area contributed by atoms with E-state index in [1.54, 1.807) is 30.5 Å². The van der Waals surface area contributed by atoms with Crippen LogP contribution >= 0.6 is 11.8 Å². The lowest BCUT2D eigenvalue weighted by Crippen LogP contribution is -2.38. The third kappa shape index (κ3) is 5.92. The van der Waals surface area contributed by atoms with Crippen molar-refractivity contribution in [2.45, 2.75) is 19.4 Å². The van der Waals surface area contributed by atoms with Crippen LogP contribution in [0.3, 0.4) is 0 Å². The minimum Gasteiger partial charge on any atom is -0.384 e. The lowest BCUT2D eigenvalue weighted by atomic mass is 9.97. The first-order valence-corrected chi connectivity index (χ1v) is 12.7. The van der Waals surface area contributed by atoms with E-state index in [0.29, 0.717) is 46.1 Å². The predicted octanol–water partition coefficient (Wildman–Crippen LogP) is 2.99. The Morgan fingerprint density at radius 3 is 2.76 bits per heavy atom. The molecule has 2 aliphatic heterocycles. The zero-order chi connectivity index (χ0) is 25.8. The van der Waals surface area contributed by atoms with Crippen LogP contribution < -0.4 is 21.3 Å². The molecule has 2 saturated heterocycles. The number of pyridine rings is 2. The molecule has 2 aliphatic rings. The van der Waals surface area contributed by atoms with E-state index in [1.807, 2.05) is 6.07 Å². The van der Waals surface area contributed by atoms with Gasteiger partial charge in [0.2, 0.25) is 5.95 Å². The molecule has 5 heterocycles. The Morgan fingerprint density at radius 2 is 2.00 bits per heavy atom. The number of imide groups is 1. The number of rotatable bonds is 7. The second-order valence-corrected chi connectivity index (χ2v) is 9.81. The number of halogens is 1. The summed E-state index contributed by atoms with van der Waals surface area (Å²) in [4.78, 5) is 42.8. The topological polar surface area (TPSA) is 139 Å². The molecule has 2 fully saturated rings. The van der Waals surface area contributed by atoms with Crippen LogP contribution in [0.2, 0.25) is 0 Å². The number of carbonyl (C=O) groups excluding carboxylic acids is 2. The molecule has 0 atom stereocenters. The molecule has 2 amide bonds. The summed E-state index contributed by atoms with van der Waals surface area (Å²) in [6.07, 6.45) is 7.89. The van der Waals surface area contributed by atoms with E-state index in [4.69, 9.17) is 5.73 Å². The summed E-state index contributed by atoms with van der Waals surface area (Å²) < 4.78 is 14.3. The number of nitrogen functional groups attached to an aromatic ring is 1. The minimum absolute atomic E-state index is 0.325. The van der Waals surface area contributed by atoms with Gasteiger partial charge in [-0.25, -0.2) is 19.3 Å². The minimum atomic E-state index is -0.435. The largest absolute Gasteiger partial charge is 0.384 e. The zero-order valence-corrected chi connectivity index (χ0v) is 20.7. The molecule has 0 bridgehead atoms. The average molecular weight is 521 g/mol. The van der Waals surface area contributed by atoms with Crippen LogP contribution in [0.4, 0.5) is 21.0 Å². The number of hydrogen-bond acceptors (Lipinski definition) is 10. The van der Waals surface area contributed by atoms with E-state index in [-0.39, 0.29) is 5.24 Å². The summed E-state index contributed by atoms with van der Waals surface area (Å²) in [5, 5.41) is 5.35. The maximum atomic E-state index is 14.3. The van der Waals surface area contributed by atoms with Crippen molar-refractivity contribution in [3.8, 4) is 11.3 Å². The Hall–Kier alpha value is -3.90. The SMILES string of the molecule is Nc1ccc(CNCC2CCN(c3nccc(C=C4SC(=O)NC4=O)n3)CC2)c(-c2ccncc2F)n1. The third-order valence-corrected chi connectivity index (χ3v) is 7.07. The standard InChI is InChI=1S/C25H25FN8O2S/c26-19-14-28-7-4-18(19)22-16(1-2-21(27)32-22)13-29-12-15-5-9-34(10-6-15)24-30-8-3-17(31-24)11-20-23(35)33-25(36)37-20/h1-4,7-8,11,14-15,29H,5-6,9-10,12-13H2,(H2,27,32)(H,33,35,36). The number of anilines is 2. The van der Waals surface area contributed by atoms with Crippen molar-refractivity contribution in [1.29, 1.82) is 0 Å². The monoisotopic (exact) mass is 520 g/mol. The number of nitrogens with two attached hydrogens (primary N) is 1. The van der Waals surface area contributed by atoms with Gasteiger partial charge in [-0.1, -0.05) is 6.07 Å². The van der Waals surface area contributed by atoms with Crippen molar-refractivity contribution in [1.82, 2.24) is 30.6 Å². The highest BCUT2D eigenvalue weighted by atomic mass is 32.2. The molecule has 4 N–H and O–H groups in total. The fourth-order valence-corrected chi connectivity index (χ4v) is 5.01. The Kier molecular flexibility index (Phi) is 7.37. The summed E-state index contributed by atoms with van der Waals surface area (Å²) in [5.41, 5.74) is 8.21. The number of amides is 2. The number of piperidine rings is 1. The first-order valence-electron chi connectivity index (χ1n) is 11.8. The molecule has 12 heteroatoms. The van der Waals surface area contributed by atoms with Gasteiger partial charge in [-0.2, -0.15) is 0 Å². The molecular weight excluding hydrogens is 495 g/mol. The van der Waals surface area contributed by atoms with E-state index < -0.39 is 11.7 Å². The number of carbonyl (C=O) groups is 2. The van der Waals surface area contributed by atoms with Crippen molar-refractivity contribution in [2.24, 2.45) is 5.92 Å². The van der Waals surface area contributed by atoms with E-state index >= 15 is 0 Å². The van der Waals surface area contributed by atoms with Crippen molar-refractivity contribution < 1.29 is 14.0 Å². The molecule has 3 aromatic heterocycles. The predicted molar refractivity (Wildman–Crippen MR) is 140 cm³/mol. The van der Waals surface area contributed by atoms with Crippen LogP contribution in [-0.4, -0.2) is 50.7 Å². The number of nitrogens with zero attached hydrogens (tertiary/aromatic N) is 5. The van der Waals surface area contributed by atoms with E-state index in [1.165, 1.54) is 12.4 Å². The van der Waals surface area contributed by atoms with Crippen LogP contribution in [0.5, 0.6) is 0 Å². The van der Waals surface area contributed by atoms with Gasteiger partial charge in [0.15, 0.2) is 5.82 Å². The van der Waals surface area contributed by atoms with E-state index in [2.05, 4.69) is 35.5 Å². The molecule has 0 radical (unpaired) electrons. The van der Waals surface area contributed by atoms with Gasteiger partial charge in [-0.3, -0.25) is 19.9 Å². The number of thioether (sulfide) groups is 1. The molecule has 0 unspecified atom stereocenters. The Bertz CT molecular complexity index is 1360. The first kappa shape index (κ1) is 24.8. The van der Waals surface area contributed by atoms with Gasteiger partial charge in [0.1, 0.15) is 5.82 Å². The summed E-state index contributed by atoms with van der Waals surface area (Å²) in [6.45, 7) is 2.95.